The monoisotopic (exact) mass is 479 g/mol. The second-order valence-electron chi connectivity index (χ2n) is 7.82. The van der Waals surface area contributed by atoms with Gasteiger partial charge in [-0.2, -0.15) is 0 Å². The molecule has 2 aromatic heterocycles. The van der Waals surface area contributed by atoms with Crippen LogP contribution in [-0.4, -0.2) is 35.0 Å². The number of benzene rings is 2. The van der Waals surface area contributed by atoms with Gasteiger partial charge in [0, 0.05) is 17.4 Å². The van der Waals surface area contributed by atoms with E-state index in [1.165, 1.54) is 6.33 Å². The van der Waals surface area contributed by atoms with Crippen molar-refractivity contribution < 1.29 is 17.9 Å². The molecular formula is C24H25N5O4S. The number of aromatic nitrogens is 4. The number of hydrogen-bond donors (Lipinski definition) is 1. The van der Waals surface area contributed by atoms with Gasteiger partial charge in [-0.25, -0.2) is 23.4 Å². The van der Waals surface area contributed by atoms with Gasteiger partial charge in [-0.05, 0) is 75.2 Å². The Morgan fingerprint density at radius 2 is 1.65 bits per heavy atom. The van der Waals surface area contributed by atoms with Crippen LogP contribution in [0.2, 0.25) is 0 Å². The van der Waals surface area contributed by atoms with Crippen LogP contribution in [0.3, 0.4) is 0 Å². The Bertz CT molecular complexity index is 1450. The molecule has 0 unspecified atom stereocenters. The van der Waals surface area contributed by atoms with Gasteiger partial charge in [-0.15, -0.1) is 0 Å². The first kappa shape index (κ1) is 23.2. The zero-order chi connectivity index (χ0) is 24.5. The summed E-state index contributed by atoms with van der Waals surface area (Å²) in [5, 5.41) is 0. The highest BCUT2D eigenvalue weighted by molar-refractivity contribution is 7.92. The molecule has 0 fully saturated rings. The van der Waals surface area contributed by atoms with Crippen LogP contribution < -0.4 is 14.2 Å². The molecule has 4 aromatic rings. The first-order chi connectivity index (χ1) is 16.2. The highest BCUT2D eigenvalue weighted by Gasteiger charge is 2.19. The van der Waals surface area contributed by atoms with Gasteiger partial charge in [0.15, 0.2) is 0 Å². The minimum atomic E-state index is -3.78. The van der Waals surface area contributed by atoms with Crippen LogP contribution in [0.15, 0.2) is 60.0 Å². The van der Waals surface area contributed by atoms with Gasteiger partial charge >= 0.3 is 0 Å². The molecule has 0 radical (unpaired) electrons. The van der Waals surface area contributed by atoms with E-state index in [4.69, 9.17) is 9.47 Å². The summed E-state index contributed by atoms with van der Waals surface area (Å²) in [6.07, 6.45) is 3.12. The van der Waals surface area contributed by atoms with Gasteiger partial charge in [0.2, 0.25) is 5.88 Å². The number of sulfonamides is 1. The zero-order valence-corrected chi connectivity index (χ0v) is 20.3. The molecule has 0 spiro atoms. The summed E-state index contributed by atoms with van der Waals surface area (Å²) in [6.45, 7) is 7.42. The molecule has 0 bridgehead atoms. The van der Waals surface area contributed by atoms with Crippen molar-refractivity contribution in [3.8, 4) is 23.2 Å². The first-order valence-corrected chi connectivity index (χ1v) is 11.9. The lowest BCUT2D eigenvalue weighted by molar-refractivity contribution is 0.411. The van der Waals surface area contributed by atoms with Crippen molar-refractivity contribution in [1.82, 2.24) is 19.5 Å². The summed E-state index contributed by atoms with van der Waals surface area (Å²) in [5.74, 6) is 2.14. The van der Waals surface area contributed by atoms with Crippen molar-refractivity contribution in [2.75, 3.05) is 11.8 Å². The van der Waals surface area contributed by atoms with E-state index in [9.17, 15) is 8.42 Å². The molecule has 1 N–H and O–H groups in total. The van der Waals surface area contributed by atoms with E-state index < -0.39 is 10.0 Å². The first-order valence-electron chi connectivity index (χ1n) is 10.5. The number of aryl methyl sites for hydroxylation is 3. The lowest BCUT2D eigenvalue weighted by Crippen LogP contribution is -2.14. The van der Waals surface area contributed by atoms with Gasteiger partial charge in [-0.1, -0.05) is 0 Å². The number of methoxy groups -OCH3 is 1. The number of hydrogen-bond acceptors (Lipinski definition) is 7. The van der Waals surface area contributed by atoms with E-state index in [1.54, 1.807) is 69.7 Å². The summed E-state index contributed by atoms with van der Waals surface area (Å²) in [6, 6.07) is 11.6. The van der Waals surface area contributed by atoms with Crippen molar-refractivity contribution in [3.63, 3.8) is 0 Å². The Kier molecular flexibility index (Phi) is 6.25. The van der Waals surface area contributed by atoms with E-state index >= 15 is 0 Å². The quantitative estimate of drug-likeness (QED) is 0.416. The lowest BCUT2D eigenvalue weighted by atomic mass is 10.1. The van der Waals surface area contributed by atoms with Gasteiger partial charge in [0.25, 0.3) is 10.0 Å². The van der Waals surface area contributed by atoms with Crippen LogP contribution in [0.4, 0.5) is 5.69 Å². The lowest BCUT2D eigenvalue weighted by Gasteiger charge is -2.14. The maximum Gasteiger partial charge on any atom is 0.262 e. The Hall–Kier alpha value is -3.92. The smallest absolute Gasteiger partial charge is 0.262 e. The molecule has 0 atom stereocenters. The molecule has 9 nitrogen and oxygen atoms in total. The van der Waals surface area contributed by atoms with Gasteiger partial charge in [-0.3, -0.25) is 9.29 Å². The fourth-order valence-corrected chi connectivity index (χ4v) is 4.81. The van der Waals surface area contributed by atoms with Crippen molar-refractivity contribution in [2.24, 2.45) is 0 Å². The Morgan fingerprint density at radius 3 is 2.29 bits per heavy atom. The molecule has 0 aliphatic carbocycles. The largest absolute Gasteiger partial charge is 0.496 e. The summed E-state index contributed by atoms with van der Waals surface area (Å²) in [4.78, 5) is 12.9. The maximum absolute atomic E-state index is 12.9. The molecule has 176 valence electrons. The predicted molar refractivity (Wildman–Crippen MR) is 128 cm³/mol. The fourth-order valence-electron chi connectivity index (χ4n) is 3.44. The Balaban J connectivity index is 1.50. The Labute approximate surface area is 198 Å². The molecule has 34 heavy (non-hydrogen) atoms. The van der Waals surface area contributed by atoms with Gasteiger partial charge in [0.1, 0.15) is 30.0 Å². The average Bonchev–Trinajstić information content (AvgIpc) is 3.14. The highest BCUT2D eigenvalue weighted by Crippen LogP contribution is 2.28. The normalized spacial score (nSPS) is 11.3. The SMILES string of the molecule is COc1cc(C)c(S(=O)(=O)Nc2ccc(Oc3cc(-n4cnc(C)c4C)ncn3)cc2)cc1C. The summed E-state index contributed by atoms with van der Waals surface area (Å²) < 4.78 is 41.5. The number of ether oxygens (including phenoxy) is 2. The maximum atomic E-state index is 12.9. The topological polar surface area (TPSA) is 108 Å². The molecule has 0 saturated heterocycles. The molecule has 0 saturated carbocycles. The highest BCUT2D eigenvalue weighted by atomic mass is 32.2. The average molecular weight is 480 g/mol. The van der Waals surface area contributed by atoms with E-state index in [1.807, 2.05) is 18.4 Å². The van der Waals surface area contributed by atoms with E-state index in [0.717, 1.165) is 17.0 Å². The minimum Gasteiger partial charge on any atom is -0.496 e. The van der Waals surface area contributed by atoms with E-state index in [2.05, 4.69) is 19.7 Å². The van der Waals surface area contributed by atoms with Crippen LogP contribution in [0.1, 0.15) is 22.5 Å². The number of anilines is 1. The summed E-state index contributed by atoms with van der Waals surface area (Å²) in [7, 11) is -2.22. The third-order valence-corrected chi connectivity index (χ3v) is 6.96. The zero-order valence-electron chi connectivity index (χ0n) is 19.5. The van der Waals surface area contributed by atoms with E-state index in [0.29, 0.717) is 34.4 Å². The van der Waals surface area contributed by atoms with Crippen molar-refractivity contribution >= 4 is 15.7 Å². The third-order valence-electron chi connectivity index (χ3n) is 5.44. The Morgan fingerprint density at radius 1 is 0.912 bits per heavy atom. The van der Waals surface area contributed by atoms with Crippen molar-refractivity contribution in [2.45, 2.75) is 32.6 Å². The molecule has 0 amide bonds. The number of nitrogens with zero attached hydrogens (tertiary/aromatic N) is 4. The van der Waals surface area contributed by atoms with Crippen LogP contribution in [0.25, 0.3) is 5.82 Å². The van der Waals surface area contributed by atoms with Crippen LogP contribution >= 0.6 is 0 Å². The molecular weight excluding hydrogens is 454 g/mol. The molecule has 2 aromatic carbocycles. The number of nitrogens with one attached hydrogen (secondary N) is 1. The number of rotatable bonds is 7. The van der Waals surface area contributed by atoms with Crippen molar-refractivity contribution in [3.05, 3.63) is 77.6 Å². The number of imidazole rings is 1. The van der Waals surface area contributed by atoms with Crippen LogP contribution in [-0.2, 0) is 10.0 Å². The molecule has 10 heteroatoms. The summed E-state index contributed by atoms with van der Waals surface area (Å²) >= 11 is 0. The van der Waals surface area contributed by atoms with E-state index in [-0.39, 0.29) is 4.90 Å². The molecule has 0 aliphatic heterocycles. The minimum absolute atomic E-state index is 0.199. The molecule has 2 heterocycles. The third kappa shape index (κ3) is 4.72. The van der Waals surface area contributed by atoms with Crippen molar-refractivity contribution in [1.29, 1.82) is 0 Å². The second kappa shape index (κ2) is 9.14. The fraction of sp³-hybridized carbons (Fsp3) is 0.208. The molecule has 4 rings (SSSR count). The van der Waals surface area contributed by atoms with Crippen LogP contribution in [0, 0.1) is 27.7 Å². The van der Waals surface area contributed by atoms with Gasteiger partial charge in [0.05, 0.1) is 17.7 Å². The molecule has 0 aliphatic rings. The van der Waals surface area contributed by atoms with Gasteiger partial charge < -0.3 is 9.47 Å². The standard InChI is InChI=1S/C24H25N5O4S/c1-15-11-22(16(2)10-21(15)32-5)34(30,31)28-19-6-8-20(9-7-19)33-24-12-23(25-13-26-24)29-14-27-17(3)18(29)4/h6-14,28H,1-5H3. The second-order valence-corrected chi connectivity index (χ2v) is 9.47. The predicted octanol–water partition coefficient (Wildman–Crippen LogP) is 4.50. The van der Waals surface area contributed by atoms with Crippen LogP contribution in [0.5, 0.6) is 17.4 Å². The summed E-state index contributed by atoms with van der Waals surface area (Å²) in [5.41, 5.74) is 3.64.